The van der Waals surface area contributed by atoms with Crippen LogP contribution in [-0.4, -0.2) is 21.5 Å². The monoisotopic (exact) mass is 394 g/mol. The highest BCUT2D eigenvalue weighted by Crippen LogP contribution is 2.23. The average molecular weight is 395 g/mol. The molecule has 0 aromatic heterocycles. The SMILES string of the molecule is CC1CCCN(c2ccc(CNS(=O)(=O)c3ccc4ccccc4c3)cc2)C1. The quantitative estimate of drug-likeness (QED) is 0.690. The van der Waals surface area contributed by atoms with Gasteiger partial charge in [-0.2, -0.15) is 0 Å². The van der Waals surface area contributed by atoms with E-state index in [9.17, 15) is 8.42 Å². The van der Waals surface area contributed by atoms with Crippen molar-refractivity contribution in [2.45, 2.75) is 31.2 Å². The normalized spacial score (nSPS) is 17.8. The van der Waals surface area contributed by atoms with Gasteiger partial charge in [-0.15, -0.1) is 0 Å². The van der Waals surface area contributed by atoms with E-state index in [0.29, 0.717) is 4.90 Å². The maximum absolute atomic E-state index is 12.7. The molecule has 0 aliphatic carbocycles. The van der Waals surface area contributed by atoms with Crippen LogP contribution in [0.3, 0.4) is 0 Å². The van der Waals surface area contributed by atoms with Crippen molar-refractivity contribution in [2.75, 3.05) is 18.0 Å². The molecule has 3 aromatic rings. The Balaban J connectivity index is 1.44. The number of sulfonamides is 1. The summed E-state index contributed by atoms with van der Waals surface area (Å²) in [5.41, 5.74) is 2.17. The maximum atomic E-state index is 12.7. The largest absolute Gasteiger partial charge is 0.371 e. The molecule has 1 aliphatic rings. The number of hydrogen-bond donors (Lipinski definition) is 1. The van der Waals surface area contributed by atoms with Crippen LogP contribution < -0.4 is 9.62 Å². The number of piperidine rings is 1. The molecule has 0 radical (unpaired) electrons. The van der Waals surface area contributed by atoms with Crippen molar-refractivity contribution in [1.29, 1.82) is 0 Å². The topological polar surface area (TPSA) is 49.4 Å². The molecule has 5 heteroatoms. The lowest BCUT2D eigenvalue weighted by molar-refractivity contribution is 0.447. The molecule has 4 rings (SSSR count). The Morgan fingerprint density at radius 3 is 2.50 bits per heavy atom. The van der Waals surface area contributed by atoms with Crippen LogP contribution in [0, 0.1) is 5.92 Å². The zero-order chi connectivity index (χ0) is 19.6. The molecule has 0 spiro atoms. The molecule has 1 unspecified atom stereocenters. The molecule has 1 atom stereocenters. The zero-order valence-corrected chi connectivity index (χ0v) is 17.0. The second-order valence-electron chi connectivity index (χ2n) is 7.69. The van der Waals surface area contributed by atoms with Crippen LogP contribution in [0.2, 0.25) is 0 Å². The fraction of sp³-hybridized carbons (Fsp3) is 0.304. The first-order valence-electron chi connectivity index (χ1n) is 9.84. The van der Waals surface area contributed by atoms with Crippen LogP contribution in [-0.2, 0) is 16.6 Å². The molecule has 0 saturated carbocycles. The second-order valence-corrected chi connectivity index (χ2v) is 9.46. The summed E-state index contributed by atoms with van der Waals surface area (Å²) < 4.78 is 28.1. The van der Waals surface area contributed by atoms with Crippen LogP contribution in [0.5, 0.6) is 0 Å². The summed E-state index contributed by atoms with van der Waals surface area (Å²) in [7, 11) is -3.55. The number of hydrogen-bond acceptors (Lipinski definition) is 3. The van der Waals surface area contributed by atoms with Crippen molar-refractivity contribution in [3.05, 3.63) is 72.3 Å². The van der Waals surface area contributed by atoms with Gasteiger partial charge < -0.3 is 4.90 Å². The van der Waals surface area contributed by atoms with Gasteiger partial charge in [0.2, 0.25) is 10.0 Å². The van der Waals surface area contributed by atoms with E-state index in [2.05, 4.69) is 28.7 Å². The lowest BCUT2D eigenvalue weighted by Crippen LogP contribution is -2.34. The minimum absolute atomic E-state index is 0.284. The van der Waals surface area contributed by atoms with Gasteiger partial charge in [0.05, 0.1) is 4.90 Å². The van der Waals surface area contributed by atoms with Crippen LogP contribution in [0.25, 0.3) is 10.8 Å². The van der Waals surface area contributed by atoms with Crippen molar-refractivity contribution in [1.82, 2.24) is 4.72 Å². The van der Waals surface area contributed by atoms with Crippen molar-refractivity contribution in [2.24, 2.45) is 5.92 Å². The summed E-state index contributed by atoms with van der Waals surface area (Å²) in [4.78, 5) is 2.71. The van der Waals surface area contributed by atoms with E-state index >= 15 is 0 Å². The number of benzene rings is 3. The van der Waals surface area contributed by atoms with E-state index in [-0.39, 0.29) is 6.54 Å². The first kappa shape index (κ1) is 19.0. The lowest BCUT2D eigenvalue weighted by Gasteiger charge is -2.32. The van der Waals surface area contributed by atoms with Gasteiger partial charge in [-0.1, -0.05) is 49.4 Å². The lowest BCUT2D eigenvalue weighted by atomic mass is 9.99. The molecule has 3 aromatic carbocycles. The van der Waals surface area contributed by atoms with Crippen molar-refractivity contribution in [3.63, 3.8) is 0 Å². The Morgan fingerprint density at radius 2 is 1.75 bits per heavy atom. The summed E-state index contributed by atoms with van der Waals surface area (Å²) in [6.45, 7) is 4.76. The number of nitrogens with zero attached hydrogens (tertiary/aromatic N) is 1. The summed E-state index contributed by atoms with van der Waals surface area (Å²) >= 11 is 0. The van der Waals surface area contributed by atoms with E-state index in [0.717, 1.165) is 35.3 Å². The van der Waals surface area contributed by atoms with Gasteiger partial charge in [0, 0.05) is 25.3 Å². The standard InChI is InChI=1S/C23H26N2O2S/c1-18-5-4-14-25(17-18)22-11-8-19(9-12-22)16-24-28(26,27)23-13-10-20-6-2-3-7-21(20)15-23/h2-3,6-13,15,18,24H,4-5,14,16-17H2,1H3. The van der Waals surface area contributed by atoms with Gasteiger partial charge in [-0.25, -0.2) is 13.1 Å². The Hall–Kier alpha value is -2.37. The number of nitrogens with one attached hydrogen (secondary N) is 1. The van der Waals surface area contributed by atoms with Crippen molar-refractivity contribution >= 4 is 26.5 Å². The molecule has 1 aliphatic heterocycles. The van der Waals surface area contributed by atoms with Gasteiger partial charge in [-0.3, -0.25) is 0 Å². The maximum Gasteiger partial charge on any atom is 0.240 e. The highest BCUT2D eigenvalue weighted by molar-refractivity contribution is 7.89. The third kappa shape index (κ3) is 4.21. The average Bonchev–Trinajstić information content (AvgIpc) is 2.72. The van der Waals surface area contributed by atoms with Gasteiger partial charge in [-0.05, 0) is 59.4 Å². The molecule has 1 heterocycles. The summed E-state index contributed by atoms with van der Waals surface area (Å²) in [6.07, 6.45) is 2.53. The molecule has 1 saturated heterocycles. The second kappa shape index (κ2) is 7.94. The molecule has 0 bridgehead atoms. The predicted octanol–water partition coefficient (Wildman–Crippen LogP) is 4.55. The van der Waals surface area contributed by atoms with Gasteiger partial charge in [0.1, 0.15) is 0 Å². The predicted molar refractivity (Wildman–Crippen MR) is 115 cm³/mol. The van der Waals surface area contributed by atoms with E-state index < -0.39 is 10.0 Å². The molecular weight excluding hydrogens is 368 g/mol. The third-order valence-electron chi connectivity index (χ3n) is 5.46. The first-order valence-corrected chi connectivity index (χ1v) is 11.3. The van der Waals surface area contributed by atoms with E-state index in [1.807, 2.05) is 42.5 Å². The number of anilines is 1. The minimum Gasteiger partial charge on any atom is -0.371 e. The Morgan fingerprint density at radius 1 is 1.00 bits per heavy atom. The number of rotatable bonds is 5. The number of fused-ring (bicyclic) bond motifs is 1. The van der Waals surface area contributed by atoms with Gasteiger partial charge >= 0.3 is 0 Å². The van der Waals surface area contributed by atoms with Crippen LogP contribution in [0.15, 0.2) is 71.6 Å². The summed E-state index contributed by atoms with van der Waals surface area (Å²) in [6, 6.07) is 21.2. The molecule has 1 N–H and O–H groups in total. The van der Waals surface area contributed by atoms with Crippen LogP contribution >= 0.6 is 0 Å². The van der Waals surface area contributed by atoms with E-state index in [1.54, 1.807) is 12.1 Å². The Labute approximate surface area is 167 Å². The van der Waals surface area contributed by atoms with Gasteiger partial charge in [0.25, 0.3) is 0 Å². The third-order valence-corrected chi connectivity index (χ3v) is 6.85. The molecule has 0 amide bonds. The fourth-order valence-corrected chi connectivity index (χ4v) is 4.90. The molecular formula is C23H26N2O2S. The van der Waals surface area contributed by atoms with Crippen molar-refractivity contribution < 1.29 is 8.42 Å². The molecule has 146 valence electrons. The van der Waals surface area contributed by atoms with Crippen LogP contribution in [0.4, 0.5) is 5.69 Å². The molecule has 4 nitrogen and oxygen atoms in total. The van der Waals surface area contributed by atoms with E-state index in [4.69, 9.17) is 0 Å². The highest BCUT2D eigenvalue weighted by Gasteiger charge is 2.17. The summed E-state index contributed by atoms with van der Waals surface area (Å²) in [5.74, 6) is 0.724. The minimum atomic E-state index is -3.55. The van der Waals surface area contributed by atoms with Crippen LogP contribution in [0.1, 0.15) is 25.3 Å². The van der Waals surface area contributed by atoms with Gasteiger partial charge in [0.15, 0.2) is 0 Å². The van der Waals surface area contributed by atoms with E-state index in [1.165, 1.54) is 18.5 Å². The fourth-order valence-electron chi connectivity index (χ4n) is 3.84. The molecule has 1 fully saturated rings. The highest BCUT2D eigenvalue weighted by atomic mass is 32.2. The summed E-state index contributed by atoms with van der Waals surface area (Å²) in [5, 5.41) is 1.95. The zero-order valence-electron chi connectivity index (χ0n) is 16.1. The molecule has 28 heavy (non-hydrogen) atoms. The Bertz CT molecular complexity index is 1060. The van der Waals surface area contributed by atoms with Crippen molar-refractivity contribution in [3.8, 4) is 0 Å². The Kier molecular flexibility index (Phi) is 5.38. The smallest absolute Gasteiger partial charge is 0.240 e. The first-order chi connectivity index (χ1) is 13.5.